The highest BCUT2D eigenvalue weighted by atomic mass is 32.2. The van der Waals surface area contributed by atoms with Crippen LogP contribution in [0.1, 0.15) is 32.6 Å². The van der Waals surface area contributed by atoms with Crippen LogP contribution in [0, 0.1) is 5.92 Å². The SMILES string of the molecule is COc1ccc(S(=O)(=O)N2CCC(C)CC2)cc1N1C(=O)CCC1=O. The number of nitrogens with zero attached hydrogens (tertiary/aromatic N) is 2. The van der Waals surface area contributed by atoms with Gasteiger partial charge in [0.05, 0.1) is 17.7 Å². The molecule has 0 bridgehead atoms. The summed E-state index contributed by atoms with van der Waals surface area (Å²) in [6.07, 6.45) is 1.91. The summed E-state index contributed by atoms with van der Waals surface area (Å²) < 4.78 is 32.5. The zero-order valence-corrected chi connectivity index (χ0v) is 15.2. The second-order valence-corrected chi connectivity index (χ2v) is 8.48. The summed E-state index contributed by atoms with van der Waals surface area (Å²) >= 11 is 0. The van der Waals surface area contributed by atoms with E-state index in [0.717, 1.165) is 17.7 Å². The van der Waals surface area contributed by atoms with Crippen molar-refractivity contribution in [2.24, 2.45) is 5.92 Å². The van der Waals surface area contributed by atoms with Crippen molar-refractivity contribution in [2.75, 3.05) is 25.1 Å². The summed E-state index contributed by atoms with van der Waals surface area (Å²) in [6.45, 7) is 3.07. The molecule has 0 aromatic heterocycles. The van der Waals surface area contributed by atoms with Crippen molar-refractivity contribution in [1.29, 1.82) is 0 Å². The van der Waals surface area contributed by atoms with Gasteiger partial charge in [-0.2, -0.15) is 4.31 Å². The molecule has 1 aromatic rings. The van der Waals surface area contributed by atoms with Gasteiger partial charge in [0.2, 0.25) is 21.8 Å². The first kappa shape index (κ1) is 17.9. The summed E-state index contributed by atoms with van der Waals surface area (Å²) in [4.78, 5) is 25.2. The Hall–Kier alpha value is -1.93. The number of carbonyl (C=O) groups excluding carboxylic acids is 2. The average Bonchev–Trinajstić information content (AvgIpc) is 2.93. The highest BCUT2D eigenvalue weighted by molar-refractivity contribution is 7.89. The summed E-state index contributed by atoms with van der Waals surface area (Å²) in [5, 5.41) is 0. The number of anilines is 1. The maximum absolute atomic E-state index is 12.9. The lowest BCUT2D eigenvalue weighted by molar-refractivity contribution is -0.121. The third-order valence-electron chi connectivity index (χ3n) is 4.82. The fraction of sp³-hybridized carbons (Fsp3) is 0.529. The Kier molecular flexibility index (Phi) is 4.83. The van der Waals surface area contributed by atoms with Gasteiger partial charge in [-0.1, -0.05) is 6.92 Å². The Morgan fingerprint density at radius 2 is 1.68 bits per heavy atom. The van der Waals surface area contributed by atoms with Gasteiger partial charge in [0, 0.05) is 25.9 Å². The summed E-state index contributed by atoms with van der Waals surface area (Å²) in [5.74, 6) is 0.127. The van der Waals surface area contributed by atoms with Crippen molar-refractivity contribution in [3.8, 4) is 5.75 Å². The Balaban J connectivity index is 1.99. The van der Waals surface area contributed by atoms with Gasteiger partial charge in [0.1, 0.15) is 5.75 Å². The molecular formula is C17H22N2O5S. The second-order valence-electron chi connectivity index (χ2n) is 6.54. The lowest BCUT2D eigenvalue weighted by Crippen LogP contribution is -2.38. The first-order chi connectivity index (χ1) is 11.8. The molecule has 2 aliphatic rings. The highest BCUT2D eigenvalue weighted by Crippen LogP contribution is 2.35. The van der Waals surface area contributed by atoms with E-state index in [1.807, 2.05) is 0 Å². The molecule has 0 spiro atoms. The molecule has 0 N–H and O–H groups in total. The predicted octanol–water partition coefficient (Wildman–Crippen LogP) is 1.77. The van der Waals surface area contributed by atoms with Gasteiger partial charge in [-0.3, -0.25) is 9.59 Å². The zero-order valence-electron chi connectivity index (χ0n) is 14.4. The van der Waals surface area contributed by atoms with Gasteiger partial charge in [-0.15, -0.1) is 0 Å². The van der Waals surface area contributed by atoms with Crippen LogP contribution >= 0.6 is 0 Å². The van der Waals surface area contributed by atoms with Gasteiger partial charge >= 0.3 is 0 Å². The molecular weight excluding hydrogens is 344 g/mol. The fourth-order valence-corrected chi connectivity index (χ4v) is 4.71. The van der Waals surface area contributed by atoms with Crippen LogP contribution < -0.4 is 9.64 Å². The molecule has 0 radical (unpaired) electrons. The quantitative estimate of drug-likeness (QED) is 0.758. The minimum Gasteiger partial charge on any atom is -0.495 e. The van der Waals surface area contributed by atoms with Crippen LogP contribution in [-0.2, 0) is 19.6 Å². The molecule has 2 aliphatic heterocycles. The third-order valence-corrected chi connectivity index (χ3v) is 6.72. The van der Waals surface area contributed by atoms with Crippen LogP contribution in [0.4, 0.5) is 5.69 Å². The number of hydrogen-bond donors (Lipinski definition) is 0. The van der Waals surface area contributed by atoms with E-state index in [1.54, 1.807) is 0 Å². The van der Waals surface area contributed by atoms with Crippen LogP contribution in [0.5, 0.6) is 5.75 Å². The molecule has 2 saturated heterocycles. The number of amides is 2. The molecule has 0 saturated carbocycles. The Bertz CT molecular complexity index is 781. The van der Waals surface area contributed by atoms with Crippen LogP contribution in [0.25, 0.3) is 0 Å². The molecule has 0 unspecified atom stereocenters. The van der Waals surface area contributed by atoms with Gasteiger partial charge < -0.3 is 4.74 Å². The third kappa shape index (κ3) is 3.28. The Morgan fingerprint density at radius 3 is 2.24 bits per heavy atom. The van der Waals surface area contributed by atoms with Crippen LogP contribution in [-0.4, -0.2) is 44.7 Å². The number of imide groups is 1. The lowest BCUT2D eigenvalue weighted by Gasteiger charge is -2.29. The van der Waals surface area contributed by atoms with Gasteiger partial charge in [0.25, 0.3) is 0 Å². The van der Waals surface area contributed by atoms with E-state index in [-0.39, 0.29) is 35.2 Å². The first-order valence-corrected chi connectivity index (χ1v) is 9.82. The molecule has 3 rings (SSSR count). The van der Waals surface area contributed by atoms with E-state index in [4.69, 9.17) is 4.74 Å². The number of benzene rings is 1. The molecule has 2 heterocycles. The molecule has 136 valence electrons. The average molecular weight is 366 g/mol. The summed E-state index contributed by atoms with van der Waals surface area (Å²) in [6, 6.07) is 4.32. The maximum Gasteiger partial charge on any atom is 0.243 e. The topological polar surface area (TPSA) is 84.0 Å². The van der Waals surface area contributed by atoms with Crippen molar-refractivity contribution in [2.45, 2.75) is 37.5 Å². The molecule has 8 heteroatoms. The molecule has 7 nitrogen and oxygen atoms in total. The van der Waals surface area contributed by atoms with Crippen molar-refractivity contribution in [3.63, 3.8) is 0 Å². The van der Waals surface area contributed by atoms with Crippen LogP contribution in [0.2, 0.25) is 0 Å². The molecule has 1 aromatic carbocycles. The number of rotatable bonds is 4. The molecule has 0 atom stereocenters. The van der Waals surface area contributed by atoms with Crippen LogP contribution in [0.15, 0.2) is 23.1 Å². The van der Waals surface area contributed by atoms with E-state index >= 15 is 0 Å². The summed E-state index contributed by atoms with van der Waals surface area (Å²) in [5.41, 5.74) is 0.196. The Labute approximate surface area is 147 Å². The fourth-order valence-electron chi connectivity index (χ4n) is 3.22. The number of piperidine rings is 1. The summed E-state index contributed by atoms with van der Waals surface area (Å²) in [7, 11) is -2.25. The lowest BCUT2D eigenvalue weighted by atomic mass is 10.0. The van der Waals surface area contributed by atoms with E-state index in [9.17, 15) is 18.0 Å². The van der Waals surface area contributed by atoms with Crippen molar-refractivity contribution >= 4 is 27.5 Å². The number of methoxy groups -OCH3 is 1. The molecule has 25 heavy (non-hydrogen) atoms. The number of sulfonamides is 1. The van der Waals surface area contributed by atoms with Crippen molar-refractivity contribution < 1.29 is 22.7 Å². The van der Waals surface area contributed by atoms with Gasteiger partial charge in [-0.05, 0) is 37.0 Å². The van der Waals surface area contributed by atoms with Crippen LogP contribution in [0.3, 0.4) is 0 Å². The standard InChI is InChI=1S/C17H22N2O5S/c1-12-7-9-18(10-8-12)25(22,23)13-3-4-15(24-2)14(11-13)19-16(20)5-6-17(19)21/h3-4,11-12H,5-10H2,1-2H3. The van der Waals surface area contributed by atoms with E-state index in [1.165, 1.54) is 29.6 Å². The molecule has 2 amide bonds. The molecule has 2 fully saturated rings. The van der Waals surface area contributed by atoms with E-state index in [2.05, 4.69) is 6.92 Å². The largest absolute Gasteiger partial charge is 0.495 e. The number of hydrogen-bond acceptors (Lipinski definition) is 5. The van der Waals surface area contributed by atoms with E-state index < -0.39 is 10.0 Å². The highest BCUT2D eigenvalue weighted by Gasteiger charge is 2.34. The minimum atomic E-state index is -3.67. The van der Waals surface area contributed by atoms with Gasteiger partial charge in [0.15, 0.2) is 0 Å². The normalized spacial score (nSPS) is 20.3. The first-order valence-electron chi connectivity index (χ1n) is 8.38. The smallest absolute Gasteiger partial charge is 0.243 e. The zero-order chi connectivity index (χ0) is 18.2. The monoisotopic (exact) mass is 366 g/mol. The van der Waals surface area contributed by atoms with E-state index in [0.29, 0.717) is 24.8 Å². The predicted molar refractivity (Wildman–Crippen MR) is 91.9 cm³/mol. The maximum atomic E-state index is 12.9. The number of ether oxygens (including phenoxy) is 1. The van der Waals surface area contributed by atoms with Gasteiger partial charge in [-0.25, -0.2) is 13.3 Å². The Morgan fingerprint density at radius 1 is 1.08 bits per heavy atom. The second kappa shape index (κ2) is 6.76. The van der Waals surface area contributed by atoms with Crippen molar-refractivity contribution in [1.82, 2.24) is 4.31 Å². The molecule has 0 aliphatic carbocycles. The van der Waals surface area contributed by atoms with Crippen molar-refractivity contribution in [3.05, 3.63) is 18.2 Å². The minimum absolute atomic E-state index is 0.0744. The number of carbonyl (C=O) groups is 2.